The molecule has 4 nitrogen and oxygen atoms in total. The molecule has 1 heterocycles. The largest absolute Gasteiger partial charge is 0.373 e. The fourth-order valence-corrected chi connectivity index (χ4v) is 2.72. The predicted molar refractivity (Wildman–Crippen MR) is 88.4 cm³/mol. The molecule has 1 aliphatic heterocycles. The van der Waals surface area contributed by atoms with E-state index in [2.05, 4.69) is 19.1 Å². The molecule has 22 heavy (non-hydrogen) atoms. The van der Waals surface area contributed by atoms with Gasteiger partial charge in [-0.05, 0) is 36.8 Å². The maximum atomic E-state index is 12.2. The number of hydrogen-bond acceptors (Lipinski definition) is 3. The first-order valence-corrected chi connectivity index (χ1v) is 8.19. The van der Waals surface area contributed by atoms with E-state index in [0.29, 0.717) is 6.61 Å². The molecule has 2 rings (SSSR count). The van der Waals surface area contributed by atoms with E-state index in [0.717, 1.165) is 25.9 Å². The smallest absolute Gasteiger partial charge is 0.239 e. The molecule has 1 fully saturated rings. The van der Waals surface area contributed by atoms with E-state index in [1.807, 2.05) is 30.9 Å². The van der Waals surface area contributed by atoms with Crippen molar-refractivity contribution in [1.29, 1.82) is 0 Å². The van der Waals surface area contributed by atoms with E-state index < -0.39 is 0 Å². The Morgan fingerprint density at radius 1 is 1.32 bits per heavy atom. The summed E-state index contributed by atoms with van der Waals surface area (Å²) in [6, 6.07) is 7.91. The van der Waals surface area contributed by atoms with Crippen molar-refractivity contribution in [1.82, 2.24) is 4.90 Å². The number of nitrogens with two attached hydrogens (primary N) is 1. The van der Waals surface area contributed by atoms with Gasteiger partial charge in [0, 0.05) is 13.1 Å². The Morgan fingerprint density at radius 2 is 1.95 bits per heavy atom. The highest BCUT2D eigenvalue weighted by Crippen LogP contribution is 2.18. The van der Waals surface area contributed by atoms with Gasteiger partial charge in [0.15, 0.2) is 0 Å². The fourth-order valence-electron chi connectivity index (χ4n) is 2.72. The number of hydrogen-bond donors (Lipinski definition) is 1. The average Bonchev–Trinajstić information content (AvgIpc) is 2.53. The van der Waals surface area contributed by atoms with Gasteiger partial charge in [0.05, 0.1) is 18.8 Å². The molecule has 1 saturated heterocycles. The van der Waals surface area contributed by atoms with E-state index in [4.69, 9.17) is 10.5 Å². The van der Waals surface area contributed by atoms with Gasteiger partial charge in [-0.1, -0.05) is 38.1 Å². The Hall–Kier alpha value is -1.39. The molecular weight excluding hydrogens is 276 g/mol. The molecule has 4 heteroatoms. The van der Waals surface area contributed by atoms with Crippen molar-refractivity contribution in [2.75, 3.05) is 13.1 Å². The van der Waals surface area contributed by atoms with Gasteiger partial charge in [-0.25, -0.2) is 0 Å². The second-order valence-electron chi connectivity index (χ2n) is 6.53. The topological polar surface area (TPSA) is 55.6 Å². The van der Waals surface area contributed by atoms with Crippen molar-refractivity contribution in [3.8, 4) is 0 Å². The molecule has 1 aromatic rings. The summed E-state index contributed by atoms with van der Waals surface area (Å²) in [5.41, 5.74) is 8.46. The quantitative estimate of drug-likeness (QED) is 0.909. The van der Waals surface area contributed by atoms with Crippen LogP contribution in [0.2, 0.25) is 0 Å². The van der Waals surface area contributed by atoms with E-state index in [9.17, 15) is 4.79 Å². The monoisotopic (exact) mass is 304 g/mol. The average molecular weight is 304 g/mol. The highest BCUT2D eigenvalue weighted by Gasteiger charge is 2.27. The number of carbonyl (C=O) groups excluding carboxylic acids is 1. The second-order valence-corrected chi connectivity index (χ2v) is 6.53. The van der Waals surface area contributed by atoms with Crippen LogP contribution in [0.4, 0.5) is 0 Å². The standard InChI is InChI=1S/C18H28N2O2/c1-13(2)17(19)18(21)20-10-8-16(9-11-20)22-12-15-7-5-4-6-14(15)3/h4-7,13,16-17H,8-12,19H2,1-3H3/t17-/m0/s1. The Balaban J connectivity index is 1.78. The minimum Gasteiger partial charge on any atom is -0.373 e. The number of benzene rings is 1. The number of nitrogens with zero attached hydrogens (tertiary/aromatic N) is 1. The number of rotatable bonds is 5. The van der Waals surface area contributed by atoms with Gasteiger partial charge in [-0.2, -0.15) is 0 Å². The molecule has 0 aliphatic carbocycles. The van der Waals surface area contributed by atoms with Crippen molar-refractivity contribution in [2.24, 2.45) is 11.7 Å². The van der Waals surface area contributed by atoms with Crippen molar-refractivity contribution < 1.29 is 9.53 Å². The van der Waals surface area contributed by atoms with Gasteiger partial charge in [0.25, 0.3) is 0 Å². The normalized spacial score (nSPS) is 17.8. The number of piperidine rings is 1. The third kappa shape index (κ3) is 4.31. The molecule has 0 radical (unpaired) electrons. The Labute approximate surface area is 133 Å². The summed E-state index contributed by atoms with van der Waals surface area (Å²) >= 11 is 0. The molecule has 0 aromatic heterocycles. The molecule has 2 N–H and O–H groups in total. The van der Waals surface area contributed by atoms with Crippen LogP contribution in [0, 0.1) is 12.8 Å². The van der Waals surface area contributed by atoms with Crippen molar-refractivity contribution in [3.63, 3.8) is 0 Å². The summed E-state index contributed by atoms with van der Waals surface area (Å²) in [6.07, 6.45) is 2.02. The van der Waals surface area contributed by atoms with Gasteiger partial charge in [-0.3, -0.25) is 4.79 Å². The number of amides is 1. The Morgan fingerprint density at radius 3 is 2.55 bits per heavy atom. The maximum absolute atomic E-state index is 12.2. The summed E-state index contributed by atoms with van der Waals surface area (Å²) in [6.45, 7) is 8.22. The lowest BCUT2D eigenvalue weighted by atomic mass is 10.0. The Bertz CT molecular complexity index is 494. The summed E-state index contributed by atoms with van der Waals surface area (Å²) in [5, 5.41) is 0. The molecule has 1 aromatic carbocycles. The van der Waals surface area contributed by atoms with Gasteiger partial charge in [0.2, 0.25) is 5.91 Å². The van der Waals surface area contributed by atoms with Gasteiger partial charge < -0.3 is 15.4 Å². The number of ether oxygens (including phenoxy) is 1. The van der Waals surface area contributed by atoms with Crippen LogP contribution in [-0.2, 0) is 16.1 Å². The van der Waals surface area contributed by atoms with Crippen LogP contribution in [-0.4, -0.2) is 36.0 Å². The lowest BCUT2D eigenvalue weighted by Gasteiger charge is -2.34. The van der Waals surface area contributed by atoms with Crippen LogP contribution in [0.1, 0.15) is 37.8 Å². The highest BCUT2D eigenvalue weighted by molar-refractivity contribution is 5.82. The van der Waals surface area contributed by atoms with Crippen LogP contribution < -0.4 is 5.73 Å². The number of aryl methyl sites for hydroxylation is 1. The third-order valence-electron chi connectivity index (χ3n) is 4.49. The fraction of sp³-hybridized carbons (Fsp3) is 0.611. The van der Waals surface area contributed by atoms with Crippen molar-refractivity contribution >= 4 is 5.91 Å². The zero-order valence-corrected chi connectivity index (χ0v) is 13.9. The molecule has 1 aliphatic rings. The highest BCUT2D eigenvalue weighted by atomic mass is 16.5. The molecular formula is C18H28N2O2. The molecule has 1 amide bonds. The molecule has 0 bridgehead atoms. The van der Waals surface area contributed by atoms with Crippen LogP contribution >= 0.6 is 0 Å². The van der Waals surface area contributed by atoms with Crippen LogP contribution in [0.5, 0.6) is 0 Å². The minimum absolute atomic E-state index is 0.0763. The predicted octanol–water partition coefficient (Wildman–Crippen LogP) is 2.49. The van der Waals surface area contributed by atoms with Crippen molar-refractivity contribution in [2.45, 2.75) is 52.4 Å². The Kier molecular flexibility index (Phi) is 5.98. The molecule has 0 unspecified atom stereocenters. The van der Waals surface area contributed by atoms with E-state index >= 15 is 0 Å². The molecule has 0 saturated carbocycles. The van der Waals surface area contributed by atoms with Gasteiger partial charge >= 0.3 is 0 Å². The van der Waals surface area contributed by atoms with Gasteiger partial charge in [0.1, 0.15) is 0 Å². The number of likely N-dealkylation sites (tertiary alicyclic amines) is 1. The molecule has 1 atom stereocenters. The summed E-state index contributed by atoms with van der Waals surface area (Å²) in [5.74, 6) is 0.259. The zero-order chi connectivity index (χ0) is 16.1. The van der Waals surface area contributed by atoms with Crippen LogP contribution in [0.3, 0.4) is 0 Å². The summed E-state index contributed by atoms with van der Waals surface area (Å²) in [4.78, 5) is 14.1. The lowest BCUT2D eigenvalue weighted by Crippen LogP contribution is -2.50. The van der Waals surface area contributed by atoms with E-state index in [1.165, 1.54) is 11.1 Å². The lowest BCUT2D eigenvalue weighted by molar-refractivity contribution is -0.136. The van der Waals surface area contributed by atoms with Crippen LogP contribution in [0.25, 0.3) is 0 Å². The molecule has 122 valence electrons. The summed E-state index contributed by atoms with van der Waals surface area (Å²) in [7, 11) is 0. The van der Waals surface area contributed by atoms with E-state index in [-0.39, 0.29) is 24.0 Å². The third-order valence-corrected chi connectivity index (χ3v) is 4.49. The first-order chi connectivity index (χ1) is 10.5. The number of carbonyl (C=O) groups is 1. The first-order valence-electron chi connectivity index (χ1n) is 8.19. The second kappa shape index (κ2) is 7.75. The maximum Gasteiger partial charge on any atom is 0.239 e. The first kappa shape index (κ1) is 17.0. The molecule has 0 spiro atoms. The van der Waals surface area contributed by atoms with Crippen LogP contribution in [0.15, 0.2) is 24.3 Å². The van der Waals surface area contributed by atoms with Crippen molar-refractivity contribution in [3.05, 3.63) is 35.4 Å². The minimum atomic E-state index is -0.385. The summed E-state index contributed by atoms with van der Waals surface area (Å²) < 4.78 is 6.02. The van der Waals surface area contributed by atoms with E-state index in [1.54, 1.807) is 0 Å². The SMILES string of the molecule is Cc1ccccc1COC1CCN(C(=O)[C@@H](N)C(C)C)CC1. The zero-order valence-electron chi connectivity index (χ0n) is 13.9. The van der Waals surface area contributed by atoms with Gasteiger partial charge in [-0.15, -0.1) is 0 Å².